The lowest BCUT2D eigenvalue weighted by Gasteiger charge is -2.29. The van der Waals surface area contributed by atoms with Gasteiger partial charge < -0.3 is 20.1 Å². The van der Waals surface area contributed by atoms with Gasteiger partial charge in [0.25, 0.3) is 0 Å². The molecule has 1 fully saturated rings. The monoisotopic (exact) mass is 244 g/mol. The Morgan fingerprint density at radius 2 is 2.12 bits per heavy atom. The molecule has 1 aliphatic rings. The van der Waals surface area contributed by atoms with Crippen LogP contribution in [0, 0.1) is 0 Å². The van der Waals surface area contributed by atoms with Crippen LogP contribution in [0.3, 0.4) is 0 Å². The SMILES string of the molecule is CCCC(O)CNC(C)C(=O)N1CCOCC1. The highest BCUT2D eigenvalue weighted by Crippen LogP contribution is 2.01. The zero-order chi connectivity index (χ0) is 12.7. The lowest BCUT2D eigenvalue weighted by molar-refractivity contribution is -0.137. The molecule has 1 heterocycles. The van der Waals surface area contributed by atoms with Gasteiger partial charge in [0.05, 0.1) is 25.4 Å². The van der Waals surface area contributed by atoms with Crippen LogP contribution in [0.2, 0.25) is 0 Å². The molecule has 2 N–H and O–H groups in total. The summed E-state index contributed by atoms with van der Waals surface area (Å²) in [5.41, 5.74) is 0. The second-order valence-corrected chi connectivity index (χ2v) is 4.51. The number of hydrogen-bond donors (Lipinski definition) is 2. The van der Waals surface area contributed by atoms with E-state index in [-0.39, 0.29) is 18.1 Å². The summed E-state index contributed by atoms with van der Waals surface area (Å²) in [5, 5.41) is 12.7. The second-order valence-electron chi connectivity index (χ2n) is 4.51. The molecule has 100 valence electrons. The van der Waals surface area contributed by atoms with Gasteiger partial charge in [0.15, 0.2) is 0 Å². The number of rotatable bonds is 6. The first kappa shape index (κ1) is 14.4. The van der Waals surface area contributed by atoms with E-state index in [1.54, 1.807) is 0 Å². The number of ether oxygens (including phenoxy) is 1. The van der Waals surface area contributed by atoms with Gasteiger partial charge in [-0.2, -0.15) is 0 Å². The molecule has 0 aromatic heterocycles. The molecule has 0 spiro atoms. The van der Waals surface area contributed by atoms with E-state index in [0.717, 1.165) is 12.8 Å². The number of hydrogen-bond acceptors (Lipinski definition) is 4. The van der Waals surface area contributed by atoms with Crippen molar-refractivity contribution in [2.24, 2.45) is 0 Å². The fourth-order valence-electron chi connectivity index (χ4n) is 1.89. The van der Waals surface area contributed by atoms with Crippen molar-refractivity contribution in [2.45, 2.75) is 38.8 Å². The number of nitrogens with zero attached hydrogens (tertiary/aromatic N) is 1. The lowest BCUT2D eigenvalue weighted by Crippen LogP contribution is -2.50. The summed E-state index contributed by atoms with van der Waals surface area (Å²) in [6, 6.07) is -0.236. The molecule has 0 aromatic carbocycles. The Labute approximate surface area is 103 Å². The van der Waals surface area contributed by atoms with E-state index >= 15 is 0 Å². The fraction of sp³-hybridized carbons (Fsp3) is 0.917. The molecule has 0 aromatic rings. The molecule has 1 rings (SSSR count). The highest BCUT2D eigenvalue weighted by atomic mass is 16.5. The Balaban J connectivity index is 2.25. The third kappa shape index (κ3) is 5.02. The molecule has 1 saturated heterocycles. The minimum Gasteiger partial charge on any atom is -0.392 e. The quantitative estimate of drug-likeness (QED) is 0.689. The number of amides is 1. The van der Waals surface area contributed by atoms with Gasteiger partial charge in [-0.25, -0.2) is 0 Å². The van der Waals surface area contributed by atoms with Crippen molar-refractivity contribution in [3.63, 3.8) is 0 Å². The molecular weight excluding hydrogens is 220 g/mol. The van der Waals surface area contributed by atoms with Gasteiger partial charge in [0, 0.05) is 19.6 Å². The average Bonchev–Trinajstić information content (AvgIpc) is 2.36. The van der Waals surface area contributed by atoms with Crippen molar-refractivity contribution in [3.8, 4) is 0 Å². The molecule has 0 radical (unpaired) electrons. The molecule has 0 bridgehead atoms. The predicted molar refractivity (Wildman–Crippen MR) is 65.8 cm³/mol. The summed E-state index contributed by atoms with van der Waals surface area (Å²) in [6.07, 6.45) is 1.36. The molecular formula is C12H24N2O3. The second kappa shape index (κ2) is 7.63. The Morgan fingerprint density at radius 3 is 2.71 bits per heavy atom. The fourth-order valence-corrected chi connectivity index (χ4v) is 1.89. The Morgan fingerprint density at radius 1 is 1.47 bits per heavy atom. The van der Waals surface area contributed by atoms with E-state index in [1.165, 1.54) is 0 Å². The number of carbonyl (C=O) groups excluding carboxylic acids is 1. The summed E-state index contributed by atoms with van der Waals surface area (Å²) in [4.78, 5) is 13.8. The van der Waals surface area contributed by atoms with Crippen molar-refractivity contribution in [1.82, 2.24) is 10.2 Å². The normalized spacial score (nSPS) is 20.1. The van der Waals surface area contributed by atoms with Crippen LogP contribution in [0.4, 0.5) is 0 Å². The highest BCUT2D eigenvalue weighted by molar-refractivity contribution is 5.81. The van der Waals surface area contributed by atoms with E-state index in [9.17, 15) is 9.90 Å². The lowest BCUT2D eigenvalue weighted by atomic mass is 10.2. The maximum absolute atomic E-state index is 12.0. The van der Waals surface area contributed by atoms with E-state index < -0.39 is 0 Å². The van der Waals surface area contributed by atoms with Crippen LogP contribution < -0.4 is 5.32 Å². The maximum atomic E-state index is 12.0. The van der Waals surface area contributed by atoms with Gasteiger partial charge in [-0.15, -0.1) is 0 Å². The summed E-state index contributed by atoms with van der Waals surface area (Å²) in [5.74, 6) is 0.0944. The third-order valence-corrected chi connectivity index (χ3v) is 2.97. The van der Waals surface area contributed by atoms with Crippen molar-refractivity contribution >= 4 is 5.91 Å². The molecule has 2 atom stereocenters. The van der Waals surface area contributed by atoms with E-state index in [2.05, 4.69) is 5.32 Å². The predicted octanol–water partition coefficient (Wildman–Crippen LogP) is -0.0157. The van der Waals surface area contributed by atoms with Gasteiger partial charge in [-0.1, -0.05) is 13.3 Å². The largest absolute Gasteiger partial charge is 0.392 e. The molecule has 17 heavy (non-hydrogen) atoms. The van der Waals surface area contributed by atoms with Crippen molar-refractivity contribution in [2.75, 3.05) is 32.8 Å². The van der Waals surface area contributed by atoms with Crippen molar-refractivity contribution in [1.29, 1.82) is 0 Å². The van der Waals surface area contributed by atoms with Crippen LogP contribution in [0.15, 0.2) is 0 Å². The van der Waals surface area contributed by atoms with Crippen molar-refractivity contribution < 1.29 is 14.6 Å². The first-order valence-electron chi connectivity index (χ1n) is 6.43. The van der Waals surface area contributed by atoms with E-state index in [1.807, 2.05) is 18.7 Å². The number of nitrogens with one attached hydrogen (secondary N) is 1. The first-order chi connectivity index (χ1) is 8.15. The molecule has 5 heteroatoms. The summed E-state index contributed by atoms with van der Waals surface area (Å²) < 4.78 is 5.21. The van der Waals surface area contributed by atoms with Crippen LogP contribution in [-0.2, 0) is 9.53 Å². The van der Waals surface area contributed by atoms with Gasteiger partial charge in [-0.05, 0) is 13.3 Å². The molecule has 0 saturated carbocycles. The molecule has 5 nitrogen and oxygen atoms in total. The van der Waals surface area contributed by atoms with Gasteiger partial charge in [0.2, 0.25) is 5.91 Å². The summed E-state index contributed by atoms with van der Waals surface area (Å²) in [6.45, 7) is 6.94. The van der Waals surface area contributed by atoms with Crippen LogP contribution in [0.5, 0.6) is 0 Å². The minimum absolute atomic E-state index is 0.0944. The Hall–Kier alpha value is -0.650. The van der Waals surface area contributed by atoms with Crippen LogP contribution >= 0.6 is 0 Å². The van der Waals surface area contributed by atoms with Gasteiger partial charge in [-0.3, -0.25) is 4.79 Å². The summed E-state index contributed by atoms with van der Waals surface area (Å²) in [7, 11) is 0. The number of aliphatic hydroxyl groups excluding tert-OH is 1. The van der Waals surface area contributed by atoms with E-state index in [0.29, 0.717) is 32.8 Å². The molecule has 0 aliphatic carbocycles. The highest BCUT2D eigenvalue weighted by Gasteiger charge is 2.22. The summed E-state index contributed by atoms with van der Waals surface area (Å²) >= 11 is 0. The molecule has 2 unspecified atom stereocenters. The zero-order valence-electron chi connectivity index (χ0n) is 10.8. The number of morpholine rings is 1. The van der Waals surface area contributed by atoms with Crippen LogP contribution in [0.25, 0.3) is 0 Å². The number of carbonyl (C=O) groups is 1. The van der Waals surface area contributed by atoms with Crippen LogP contribution in [0.1, 0.15) is 26.7 Å². The van der Waals surface area contributed by atoms with E-state index in [4.69, 9.17) is 4.74 Å². The van der Waals surface area contributed by atoms with Crippen LogP contribution in [-0.4, -0.2) is 60.9 Å². The third-order valence-electron chi connectivity index (χ3n) is 2.97. The average molecular weight is 244 g/mol. The standard InChI is InChI=1S/C12H24N2O3/c1-3-4-11(15)9-13-10(2)12(16)14-5-7-17-8-6-14/h10-11,13,15H,3-9H2,1-2H3. The number of aliphatic hydroxyl groups is 1. The Kier molecular flexibility index (Phi) is 6.47. The molecule has 1 aliphatic heterocycles. The first-order valence-corrected chi connectivity index (χ1v) is 6.43. The van der Waals surface area contributed by atoms with Gasteiger partial charge >= 0.3 is 0 Å². The maximum Gasteiger partial charge on any atom is 0.239 e. The van der Waals surface area contributed by atoms with Crippen molar-refractivity contribution in [3.05, 3.63) is 0 Å². The Bertz CT molecular complexity index is 230. The van der Waals surface area contributed by atoms with Gasteiger partial charge in [0.1, 0.15) is 0 Å². The minimum atomic E-state index is -0.361. The molecule has 1 amide bonds. The smallest absolute Gasteiger partial charge is 0.239 e. The zero-order valence-corrected chi connectivity index (χ0v) is 10.8. The topological polar surface area (TPSA) is 61.8 Å².